The Morgan fingerprint density at radius 2 is 1.79 bits per heavy atom. The first-order valence-electron chi connectivity index (χ1n) is 6.20. The monoisotopic (exact) mass is 316 g/mol. The summed E-state index contributed by atoms with van der Waals surface area (Å²) in [7, 11) is 0. The van der Waals surface area contributed by atoms with Crippen molar-refractivity contribution in [3.63, 3.8) is 0 Å². The summed E-state index contributed by atoms with van der Waals surface area (Å²) in [5, 5.41) is 1.68. The predicted octanol–water partition coefficient (Wildman–Crippen LogP) is 5.85. The van der Waals surface area contributed by atoms with E-state index < -0.39 is 0 Å². The molecule has 1 aromatic heterocycles. The minimum absolute atomic E-state index is 0.327. The number of halogens is 2. The first kappa shape index (κ1) is 16.3. The van der Waals surface area contributed by atoms with Crippen LogP contribution in [0.1, 0.15) is 39.3 Å². The Balaban J connectivity index is 0.000000861. The zero-order chi connectivity index (χ0) is 14.6. The second-order valence-electron chi connectivity index (χ2n) is 4.05. The number of thiazole rings is 1. The smallest absolute Gasteiger partial charge is 0.180 e. The molecular weight excluding hydrogens is 299 g/mol. The van der Waals surface area contributed by atoms with Crippen molar-refractivity contribution in [2.24, 2.45) is 0 Å². The van der Waals surface area contributed by atoms with Crippen molar-refractivity contribution in [1.82, 2.24) is 4.98 Å². The van der Waals surface area contributed by atoms with Gasteiger partial charge < -0.3 is 5.73 Å². The van der Waals surface area contributed by atoms with Crippen LogP contribution in [-0.4, -0.2) is 4.98 Å². The molecule has 0 saturated heterocycles. The summed E-state index contributed by atoms with van der Waals surface area (Å²) < 4.78 is 0. The van der Waals surface area contributed by atoms with E-state index in [0.717, 1.165) is 16.1 Å². The molecule has 0 spiro atoms. The van der Waals surface area contributed by atoms with Crippen LogP contribution in [0.5, 0.6) is 0 Å². The molecule has 0 radical (unpaired) electrons. The highest BCUT2D eigenvalue weighted by atomic mass is 35.5. The molecule has 0 aliphatic heterocycles. The number of nitrogens with two attached hydrogens (primary N) is 1. The standard InChI is InChI=1S/C12H12Cl2N2S.C2H6/c1-6(2)10-11(17-12(15)16-10)7-3-4-8(13)9(14)5-7;1-2/h3-6H,1-2H3,(H2,15,16);1-2H3. The lowest BCUT2D eigenvalue weighted by Crippen LogP contribution is -1.91. The largest absolute Gasteiger partial charge is 0.375 e. The second-order valence-corrected chi connectivity index (χ2v) is 5.90. The van der Waals surface area contributed by atoms with Crippen LogP contribution in [-0.2, 0) is 0 Å². The number of nitrogens with zero attached hydrogens (tertiary/aromatic N) is 1. The van der Waals surface area contributed by atoms with Crippen molar-refractivity contribution in [1.29, 1.82) is 0 Å². The summed E-state index contributed by atoms with van der Waals surface area (Å²) in [6.45, 7) is 8.19. The summed E-state index contributed by atoms with van der Waals surface area (Å²) >= 11 is 13.4. The number of rotatable bonds is 2. The highest BCUT2D eigenvalue weighted by Crippen LogP contribution is 2.37. The molecule has 0 atom stereocenters. The van der Waals surface area contributed by atoms with E-state index in [1.165, 1.54) is 11.3 Å². The minimum Gasteiger partial charge on any atom is -0.375 e. The van der Waals surface area contributed by atoms with E-state index in [0.29, 0.717) is 21.1 Å². The molecule has 0 bridgehead atoms. The molecule has 0 aliphatic carbocycles. The molecule has 1 heterocycles. The zero-order valence-electron chi connectivity index (χ0n) is 11.5. The van der Waals surface area contributed by atoms with E-state index in [1.54, 1.807) is 6.07 Å². The van der Waals surface area contributed by atoms with Gasteiger partial charge in [-0.2, -0.15) is 0 Å². The molecule has 0 amide bonds. The van der Waals surface area contributed by atoms with E-state index in [9.17, 15) is 0 Å². The number of anilines is 1. The van der Waals surface area contributed by atoms with Crippen LogP contribution in [0.3, 0.4) is 0 Å². The Kier molecular flexibility index (Phi) is 6.11. The molecule has 1 aromatic carbocycles. The van der Waals surface area contributed by atoms with Crippen LogP contribution in [0.4, 0.5) is 5.13 Å². The highest BCUT2D eigenvalue weighted by molar-refractivity contribution is 7.18. The summed E-state index contributed by atoms with van der Waals surface area (Å²) in [6, 6.07) is 5.58. The van der Waals surface area contributed by atoms with Gasteiger partial charge in [0.2, 0.25) is 0 Å². The number of hydrogen-bond donors (Lipinski definition) is 1. The Morgan fingerprint density at radius 1 is 1.16 bits per heavy atom. The van der Waals surface area contributed by atoms with Crippen molar-refractivity contribution in [2.45, 2.75) is 33.6 Å². The van der Waals surface area contributed by atoms with Crippen LogP contribution < -0.4 is 5.73 Å². The average molecular weight is 317 g/mol. The Bertz CT molecular complexity index is 550. The molecule has 2 rings (SSSR count). The summed E-state index contributed by atoms with van der Waals surface area (Å²) in [5.74, 6) is 0.327. The van der Waals surface area contributed by atoms with Gasteiger partial charge in [0.25, 0.3) is 0 Å². The first-order valence-corrected chi connectivity index (χ1v) is 7.78. The molecule has 0 aliphatic rings. The summed E-state index contributed by atoms with van der Waals surface area (Å²) in [6.07, 6.45) is 0. The number of aromatic nitrogens is 1. The van der Waals surface area contributed by atoms with Gasteiger partial charge >= 0.3 is 0 Å². The van der Waals surface area contributed by atoms with Gasteiger partial charge in [-0.3, -0.25) is 0 Å². The van der Waals surface area contributed by atoms with Gasteiger partial charge in [-0.15, -0.1) is 0 Å². The fourth-order valence-corrected chi connectivity index (χ4v) is 2.87. The second kappa shape index (κ2) is 7.13. The maximum Gasteiger partial charge on any atom is 0.180 e. The van der Waals surface area contributed by atoms with Gasteiger partial charge in [-0.05, 0) is 23.6 Å². The Morgan fingerprint density at radius 3 is 2.32 bits per heavy atom. The van der Waals surface area contributed by atoms with Crippen LogP contribution in [0.2, 0.25) is 10.0 Å². The topological polar surface area (TPSA) is 38.9 Å². The molecule has 0 fully saturated rings. The molecule has 0 unspecified atom stereocenters. The SMILES string of the molecule is CC.CC(C)c1nc(N)sc1-c1ccc(Cl)c(Cl)c1. The number of nitrogen functional groups attached to an aromatic ring is 1. The minimum atomic E-state index is 0.327. The van der Waals surface area contributed by atoms with Gasteiger partial charge in [0, 0.05) is 0 Å². The van der Waals surface area contributed by atoms with Crippen LogP contribution >= 0.6 is 34.5 Å². The molecule has 19 heavy (non-hydrogen) atoms. The first-order chi connectivity index (χ1) is 8.99. The molecular formula is C14H18Cl2N2S. The maximum absolute atomic E-state index is 6.02. The summed E-state index contributed by atoms with van der Waals surface area (Å²) in [5.41, 5.74) is 7.79. The van der Waals surface area contributed by atoms with Crippen LogP contribution in [0, 0.1) is 0 Å². The van der Waals surface area contributed by atoms with Gasteiger partial charge in [0.15, 0.2) is 5.13 Å². The molecule has 2 N–H and O–H groups in total. The lowest BCUT2D eigenvalue weighted by Gasteiger charge is -2.06. The van der Waals surface area contributed by atoms with E-state index in [1.807, 2.05) is 26.0 Å². The van der Waals surface area contributed by atoms with Crippen molar-refractivity contribution in [2.75, 3.05) is 5.73 Å². The lowest BCUT2D eigenvalue weighted by atomic mass is 10.1. The molecule has 2 nitrogen and oxygen atoms in total. The third kappa shape index (κ3) is 3.85. The van der Waals surface area contributed by atoms with E-state index >= 15 is 0 Å². The fraction of sp³-hybridized carbons (Fsp3) is 0.357. The van der Waals surface area contributed by atoms with E-state index in [4.69, 9.17) is 28.9 Å². The van der Waals surface area contributed by atoms with Crippen LogP contribution in [0.25, 0.3) is 10.4 Å². The van der Waals surface area contributed by atoms with Gasteiger partial charge in [-0.25, -0.2) is 4.98 Å². The Hall–Kier alpha value is -0.770. The van der Waals surface area contributed by atoms with Crippen molar-refractivity contribution in [3.05, 3.63) is 33.9 Å². The molecule has 5 heteroatoms. The number of benzene rings is 1. The van der Waals surface area contributed by atoms with Gasteiger partial charge in [0.1, 0.15) is 0 Å². The van der Waals surface area contributed by atoms with E-state index in [-0.39, 0.29) is 0 Å². The molecule has 104 valence electrons. The van der Waals surface area contributed by atoms with Crippen molar-refractivity contribution >= 4 is 39.7 Å². The maximum atomic E-state index is 6.02. The Labute approximate surface area is 128 Å². The zero-order valence-corrected chi connectivity index (χ0v) is 13.8. The number of hydrogen-bond acceptors (Lipinski definition) is 3. The van der Waals surface area contributed by atoms with Crippen LogP contribution in [0.15, 0.2) is 18.2 Å². The van der Waals surface area contributed by atoms with Crippen molar-refractivity contribution < 1.29 is 0 Å². The van der Waals surface area contributed by atoms with Gasteiger partial charge in [-0.1, -0.05) is 68.3 Å². The molecule has 2 aromatic rings. The van der Waals surface area contributed by atoms with E-state index in [2.05, 4.69) is 18.8 Å². The predicted molar refractivity (Wildman–Crippen MR) is 87.4 cm³/mol. The highest BCUT2D eigenvalue weighted by Gasteiger charge is 2.15. The fourth-order valence-electron chi connectivity index (χ4n) is 1.58. The molecule has 0 saturated carbocycles. The lowest BCUT2D eigenvalue weighted by molar-refractivity contribution is 0.836. The quantitative estimate of drug-likeness (QED) is 0.754. The summed E-state index contributed by atoms with van der Waals surface area (Å²) in [4.78, 5) is 5.42. The normalized spacial score (nSPS) is 10.3. The average Bonchev–Trinajstić information content (AvgIpc) is 2.77. The third-order valence-corrected chi connectivity index (χ3v) is 4.09. The van der Waals surface area contributed by atoms with Gasteiger partial charge in [0.05, 0.1) is 20.6 Å². The third-order valence-electron chi connectivity index (χ3n) is 2.40. The van der Waals surface area contributed by atoms with Crippen molar-refractivity contribution in [3.8, 4) is 10.4 Å².